The van der Waals surface area contributed by atoms with Crippen molar-refractivity contribution in [1.29, 1.82) is 5.26 Å². The number of rotatable bonds is 8. The molecule has 5 nitrogen and oxygen atoms in total. The van der Waals surface area contributed by atoms with E-state index in [1.165, 1.54) is 0 Å². The van der Waals surface area contributed by atoms with E-state index in [2.05, 4.69) is 29.4 Å². The first-order valence-corrected chi connectivity index (χ1v) is 11.3. The molecule has 3 N–H and O–H groups in total. The molecule has 1 heterocycles. The third-order valence-electron chi connectivity index (χ3n) is 5.50. The molecule has 4 aromatic rings. The molecule has 0 spiro atoms. The number of hydrogen-bond acceptors (Lipinski definition) is 5. The Labute approximate surface area is 198 Å². The van der Waals surface area contributed by atoms with Crippen LogP contribution in [0.4, 0.5) is 17.1 Å². The van der Waals surface area contributed by atoms with Crippen LogP contribution < -0.4 is 15.8 Å². The van der Waals surface area contributed by atoms with Crippen molar-refractivity contribution in [2.75, 3.05) is 11.1 Å². The lowest BCUT2D eigenvalue weighted by molar-refractivity contribution is 0.301. The van der Waals surface area contributed by atoms with Crippen LogP contribution in [-0.4, -0.2) is 4.98 Å². The van der Waals surface area contributed by atoms with E-state index < -0.39 is 0 Å². The van der Waals surface area contributed by atoms with Crippen molar-refractivity contribution in [3.63, 3.8) is 0 Å². The number of aromatic nitrogens is 1. The zero-order chi connectivity index (χ0) is 23.2. The average molecular weight is 457 g/mol. The Morgan fingerprint density at radius 1 is 1.12 bits per heavy atom. The van der Waals surface area contributed by atoms with Crippen LogP contribution in [-0.2, 0) is 13.0 Å². The zero-order valence-electron chi connectivity index (χ0n) is 18.4. The van der Waals surface area contributed by atoms with E-state index in [1.807, 2.05) is 48.5 Å². The van der Waals surface area contributed by atoms with E-state index in [1.54, 1.807) is 12.3 Å². The number of nitrogen functional groups attached to an aromatic ring is 1. The molecule has 0 saturated carbocycles. The van der Waals surface area contributed by atoms with Crippen molar-refractivity contribution >= 4 is 39.4 Å². The van der Waals surface area contributed by atoms with Crippen molar-refractivity contribution in [3.8, 4) is 11.8 Å². The van der Waals surface area contributed by atoms with Crippen molar-refractivity contribution < 1.29 is 4.74 Å². The highest BCUT2D eigenvalue weighted by atomic mass is 35.5. The van der Waals surface area contributed by atoms with Gasteiger partial charge in [0, 0.05) is 23.0 Å². The quantitative estimate of drug-likeness (QED) is 0.278. The zero-order valence-corrected chi connectivity index (χ0v) is 19.2. The first-order chi connectivity index (χ1) is 16.1. The SMILES string of the molecule is CCCCc1cc2ccc(C#N)c(Nc3ccc(OCc4ccccn4)c(Cl)c3)c2cc1N. The number of nitrogens with two attached hydrogens (primary N) is 1. The lowest BCUT2D eigenvalue weighted by Crippen LogP contribution is -2.00. The molecule has 166 valence electrons. The second kappa shape index (κ2) is 10.2. The molecule has 0 aliphatic heterocycles. The molecule has 33 heavy (non-hydrogen) atoms. The fraction of sp³-hybridized carbons (Fsp3) is 0.185. The summed E-state index contributed by atoms with van der Waals surface area (Å²) in [7, 11) is 0. The number of benzene rings is 3. The number of aryl methyl sites for hydroxylation is 1. The van der Waals surface area contributed by atoms with E-state index in [0.29, 0.717) is 28.6 Å². The molecule has 0 fully saturated rings. The Morgan fingerprint density at radius 2 is 2.00 bits per heavy atom. The number of anilines is 3. The first-order valence-electron chi connectivity index (χ1n) is 10.9. The van der Waals surface area contributed by atoms with Gasteiger partial charge in [0.1, 0.15) is 18.4 Å². The number of nitriles is 1. The van der Waals surface area contributed by atoms with Crippen LogP contribution in [0.25, 0.3) is 10.8 Å². The highest BCUT2D eigenvalue weighted by Crippen LogP contribution is 2.35. The summed E-state index contributed by atoms with van der Waals surface area (Å²) in [6, 6.07) is 21.3. The molecule has 0 saturated heterocycles. The van der Waals surface area contributed by atoms with Gasteiger partial charge in [0.05, 0.1) is 22.0 Å². The second-order valence-electron chi connectivity index (χ2n) is 7.86. The van der Waals surface area contributed by atoms with E-state index in [9.17, 15) is 5.26 Å². The van der Waals surface area contributed by atoms with Crippen molar-refractivity contribution in [1.82, 2.24) is 4.98 Å². The van der Waals surface area contributed by atoms with Gasteiger partial charge in [-0.25, -0.2) is 0 Å². The number of pyridine rings is 1. The summed E-state index contributed by atoms with van der Waals surface area (Å²) in [4.78, 5) is 4.25. The molecule has 0 aliphatic rings. The summed E-state index contributed by atoms with van der Waals surface area (Å²) >= 11 is 6.48. The fourth-order valence-electron chi connectivity index (χ4n) is 3.72. The maximum Gasteiger partial charge on any atom is 0.138 e. The third kappa shape index (κ3) is 5.19. The largest absolute Gasteiger partial charge is 0.486 e. The van der Waals surface area contributed by atoms with Crippen LogP contribution in [0.1, 0.15) is 36.6 Å². The standard InChI is InChI=1S/C27H25ClN4O/c1-2-3-6-19-13-18-8-9-20(16-29)27(23(18)15-25(19)30)32-21-10-11-26(24(28)14-21)33-17-22-7-4-5-12-31-22/h4-5,7-15,32H,2-3,6,17,30H2,1H3. The molecule has 0 radical (unpaired) electrons. The molecule has 1 aromatic heterocycles. The number of ether oxygens (including phenoxy) is 1. The normalized spacial score (nSPS) is 10.7. The van der Waals surface area contributed by atoms with Gasteiger partial charge in [-0.15, -0.1) is 0 Å². The van der Waals surface area contributed by atoms with E-state index in [0.717, 1.165) is 52.7 Å². The Hall–Kier alpha value is -3.75. The molecule has 0 atom stereocenters. The van der Waals surface area contributed by atoms with Gasteiger partial charge in [-0.2, -0.15) is 5.26 Å². The summed E-state index contributed by atoms with van der Waals surface area (Å²) in [5, 5.41) is 15.5. The number of nitrogens with zero attached hydrogens (tertiary/aromatic N) is 2. The summed E-state index contributed by atoms with van der Waals surface area (Å²) in [5.74, 6) is 0.566. The number of fused-ring (bicyclic) bond motifs is 1. The minimum absolute atomic E-state index is 0.328. The smallest absolute Gasteiger partial charge is 0.138 e. The van der Waals surface area contributed by atoms with E-state index in [-0.39, 0.29) is 0 Å². The summed E-state index contributed by atoms with van der Waals surface area (Å²) in [6.45, 7) is 2.49. The first kappa shape index (κ1) is 22.4. The van der Waals surface area contributed by atoms with E-state index in [4.69, 9.17) is 22.1 Å². The summed E-state index contributed by atoms with van der Waals surface area (Å²) in [6.07, 6.45) is 4.87. The van der Waals surface area contributed by atoms with Gasteiger partial charge < -0.3 is 15.8 Å². The second-order valence-corrected chi connectivity index (χ2v) is 8.26. The van der Waals surface area contributed by atoms with Gasteiger partial charge >= 0.3 is 0 Å². The van der Waals surface area contributed by atoms with Gasteiger partial charge in [0.2, 0.25) is 0 Å². The van der Waals surface area contributed by atoms with Crippen molar-refractivity contribution in [3.05, 3.63) is 88.7 Å². The van der Waals surface area contributed by atoms with Gasteiger partial charge in [-0.1, -0.05) is 37.1 Å². The van der Waals surface area contributed by atoms with Crippen LogP contribution in [0.15, 0.2) is 66.9 Å². The van der Waals surface area contributed by atoms with Gasteiger partial charge in [0.15, 0.2) is 0 Å². The van der Waals surface area contributed by atoms with Crippen LogP contribution >= 0.6 is 11.6 Å². The Morgan fingerprint density at radius 3 is 2.73 bits per heavy atom. The molecule has 0 amide bonds. The highest BCUT2D eigenvalue weighted by Gasteiger charge is 2.12. The molecule has 0 bridgehead atoms. The predicted molar refractivity (Wildman–Crippen MR) is 135 cm³/mol. The minimum atomic E-state index is 0.328. The van der Waals surface area contributed by atoms with Crippen LogP contribution in [0.5, 0.6) is 5.75 Å². The fourth-order valence-corrected chi connectivity index (χ4v) is 3.96. The molecule has 0 aliphatic carbocycles. The maximum absolute atomic E-state index is 9.70. The molecule has 0 unspecified atom stereocenters. The summed E-state index contributed by atoms with van der Waals surface area (Å²) in [5.41, 5.74) is 11.1. The monoisotopic (exact) mass is 456 g/mol. The van der Waals surface area contributed by atoms with Gasteiger partial charge in [0.25, 0.3) is 0 Å². The van der Waals surface area contributed by atoms with Crippen molar-refractivity contribution in [2.24, 2.45) is 0 Å². The molecule has 3 aromatic carbocycles. The van der Waals surface area contributed by atoms with Crippen LogP contribution in [0, 0.1) is 11.3 Å². The maximum atomic E-state index is 9.70. The molecular formula is C27H25ClN4O. The third-order valence-corrected chi connectivity index (χ3v) is 5.80. The number of halogens is 1. The Bertz CT molecular complexity index is 1320. The van der Waals surface area contributed by atoms with Gasteiger partial charge in [-0.05, 0) is 72.3 Å². The molecule has 6 heteroatoms. The lowest BCUT2D eigenvalue weighted by Gasteiger charge is -2.15. The number of nitrogens with one attached hydrogen (secondary N) is 1. The summed E-state index contributed by atoms with van der Waals surface area (Å²) < 4.78 is 5.81. The molecule has 4 rings (SSSR count). The topological polar surface area (TPSA) is 84.0 Å². The average Bonchev–Trinajstić information content (AvgIpc) is 2.83. The minimum Gasteiger partial charge on any atom is -0.486 e. The number of hydrogen-bond donors (Lipinski definition) is 2. The number of unbranched alkanes of at least 4 members (excludes halogenated alkanes) is 1. The highest BCUT2D eigenvalue weighted by molar-refractivity contribution is 6.32. The van der Waals surface area contributed by atoms with Crippen molar-refractivity contribution in [2.45, 2.75) is 32.8 Å². The Balaban J connectivity index is 1.61. The van der Waals surface area contributed by atoms with Crippen LogP contribution in [0.2, 0.25) is 5.02 Å². The predicted octanol–water partition coefficient (Wildman–Crippen LogP) is 7.01. The van der Waals surface area contributed by atoms with E-state index >= 15 is 0 Å². The van der Waals surface area contributed by atoms with Crippen LogP contribution in [0.3, 0.4) is 0 Å². The Kier molecular flexibility index (Phi) is 6.97. The van der Waals surface area contributed by atoms with Gasteiger partial charge in [-0.3, -0.25) is 4.98 Å². The molecular weight excluding hydrogens is 432 g/mol. The lowest BCUT2D eigenvalue weighted by atomic mass is 9.98.